The largest absolute Gasteiger partial charge is 0.490 e. The van der Waals surface area contributed by atoms with E-state index in [-0.39, 0.29) is 18.4 Å². The van der Waals surface area contributed by atoms with Crippen LogP contribution in [0.1, 0.15) is 27.1 Å². The maximum Gasteiger partial charge on any atom is 0.261 e. The smallest absolute Gasteiger partial charge is 0.261 e. The molecule has 4 nitrogen and oxygen atoms in total. The lowest BCUT2D eigenvalue weighted by molar-refractivity contribution is 0.0647. The zero-order valence-corrected chi connectivity index (χ0v) is 13.6. The van der Waals surface area contributed by atoms with Crippen LogP contribution in [0, 0.1) is 0 Å². The second-order valence-electron chi connectivity index (χ2n) is 5.06. The monoisotopic (exact) mass is 349 g/mol. The fraction of sp³-hybridized carbons (Fsp3) is 0.176. The van der Waals surface area contributed by atoms with E-state index in [0.717, 1.165) is 0 Å². The number of carbonyl (C=O) groups is 2. The number of hydrogen-bond donors (Lipinski definition) is 0. The van der Waals surface area contributed by atoms with Gasteiger partial charge in [0.2, 0.25) is 0 Å². The number of benzene rings is 2. The third kappa shape index (κ3) is 3.05. The molecule has 2 amide bonds. The Labute approximate surface area is 143 Å². The second-order valence-corrected chi connectivity index (χ2v) is 5.87. The number of para-hydroxylation sites is 1. The number of carbonyl (C=O) groups excluding carboxylic acids is 2. The highest BCUT2D eigenvalue weighted by Crippen LogP contribution is 2.32. The van der Waals surface area contributed by atoms with Crippen molar-refractivity contribution >= 4 is 35.0 Å². The maximum atomic E-state index is 12.2. The summed E-state index contributed by atoms with van der Waals surface area (Å²) in [4.78, 5) is 25.6. The van der Waals surface area contributed by atoms with Gasteiger partial charge in [0, 0.05) is 6.54 Å². The first-order valence-electron chi connectivity index (χ1n) is 7.11. The molecule has 0 unspecified atom stereocenters. The van der Waals surface area contributed by atoms with Crippen LogP contribution in [0.5, 0.6) is 5.75 Å². The highest BCUT2D eigenvalue weighted by Gasteiger charge is 2.34. The Kier molecular flexibility index (Phi) is 4.55. The Bertz CT molecular complexity index is 721. The van der Waals surface area contributed by atoms with E-state index in [4.69, 9.17) is 27.9 Å². The van der Waals surface area contributed by atoms with Crippen molar-refractivity contribution in [3.63, 3.8) is 0 Å². The van der Waals surface area contributed by atoms with Crippen molar-refractivity contribution in [1.29, 1.82) is 0 Å². The zero-order chi connectivity index (χ0) is 16.4. The van der Waals surface area contributed by atoms with Crippen molar-refractivity contribution in [3.05, 3.63) is 63.6 Å². The zero-order valence-electron chi connectivity index (χ0n) is 12.1. The lowest BCUT2D eigenvalue weighted by atomic mass is 10.1. The van der Waals surface area contributed by atoms with Crippen LogP contribution in [0.4, 0.5) is 0 Å². The van der Waals surface area contributed by atoms with Gasteiger partial charge in [-0.05, 0) is 30.7 Å². The molecule has 0 aromatic heterocycles. The minimum atomic E-state index is -0.263. The Balaban J connectivity index is 1.58. The van der Waals surface area contributed by atoms with Gasteiger partial charge in [-0.1, -0.05) is 41.4 Å². The standard InChI is InChI=1S/C17H13Cl2NO3/c18-13-7-3-8-14(19)15(13)23-10-4-9-20-16(21)11-5-1-2-6-12(11)17(20)22/h1-3,5-8H,4,9-10H2. The first kappa shape index (κ1) is 15.8. The van der Waals surface area contributed by atoms with Crippen LogP contribution < -0.4 is 4.74 Å². The molecule has 2 aromatic carbocycles. The summed E-state index contributed by atoms with van der Waals surface area (Å²) in [6.45, 7) is 0.589. The molecule has 3 rings (SSSR count). The summed E-state index contributed by atoms with van der Waals surface area (Å²) >= 11 is 12.0. The molecule has 0 saturated carbocycles. The first-order valence-corrected chi connectivity index (χ1v) is 7.87. The predicted octanol–water partition coefficient (Wildman–Crippen LogP) is 4.06. The summed E-state index contributed by atoms with van der Waals surface area (Å²) in [7, 11) is 0. The van der Waals surface area contributed by atoms with Crippen LogP contribution in [0.3, 0.4) is 0 Å². The normalized spacial score (nSPS) is 13.4. The van der Waals surface area contributed by atoms with Gasteiger partial charge in [0.1, 0.15) is 0 Å². The van der Waals surface area contributed by atoms with Gasteiger partial charge >= 0.3 is 0 Å². The Morgan fingerprint density at radius 3 is 2.00 bits per heavy atom. The van der Waals surface area contributed by atoms with Crippen molar-refractivity contribution in [2.24, 2.45) is 0 Å². The summed E-state index contributed by atoms with van der Waals surface area (Å²) < 4.78 is 5.56. The van der Waals surface area contributed by atoms with Gasteiger partial charge in [0.25, 0.3) is 11.8 Å². The molecule has 0 aliphatic carbocycles. The van der Waals surface area contributed by atoms with E-state index < -0.39 is 0 Å². The van der Waals surface area contributed by atoms with Gasteiger partial charge < -0.3 is 4.74 Å². The molecule has 1 aliphatic rings. The summed E-state index contributed by atoms with van der Waals surface area (Å²) in [6.07, 6.45) is 0.493. The topological polar surface area (TPSA) is 46.6 Å². The quantitative estimate of drug-likeness (QED) is 0.604. The number of imide groups is 1. The van der Waals surface area contributed by atoms with Crippen molar-refractivity contribution in [2.75, 3.05) is 13.2 Å². The fourth-order valence-electron chi connectivity index (χ4n) is 2.46. The van der Waals surface area contributed by atoms with E-state index >= 15 is 0 Å². The van der Waals surface area contributed by atoms with Crippen molar-refractivity contribution in [1.82, 2.24) is 4.90 Å². The highest BCUT2D eigenvalue weighted by atomic mass is 35.5. The lowest BCUT2D eigenvalue weighted by Crippen LogP contribution is -2.31. The van der Waals surface area contributed by atoms with Crippen LogP contribution in [-0.2, 0) is 0 Å². The molecular weight excluding hydrogens is 337 g/mol. The number of rotatable bonds is 5. The molecule has 1 heterocycles. The van der Waals surface area contributed by atoms with Crippen molar-refractivity contribution < 1.29 is 14.3 Å². The van der Waals surface area contributed by atoms with Gasteiger partial charge in [-0.15, -0.1) is 0 Å². The van der Waals surface area contributed by atoms with Crippen molar-refractivity contribution in [2.45, 2.75) is 6.42 Å². The van der Waals surface area contributed by atoms with Crippen LogP contribution >= 0.6 is 23.2 Å². The molecule has 0 fully saturated rings. The molecule has 0 radical (unpaired) electrons. The molecule has 0 spiro atoms. The number of amides is 2. The number of ether oxygens (including phenoxy) is 1. The molecular formula is C17H13Cl2NO3. The predicted molar refractivity (Wildman–Crippen MR) is 88.4 cm³/mol. The lowest BCUT2D eigenvalue weighted by Gasteiger charge is -2.14. The third-order valence-electron chi connectivity index (χ3n) is 3.57. The van der Waals surface area contributed by atoms with E-state index in [9.17, 15) is 9.59 Å². The van der Waals surface area contributed by atoms with Gasteiger partial charge in [-0.3, -0.25) is 14.5 Å². The fourth-order valence-corrected chi connectivity index (χ4v) is 2.97. The second kappa shape index (κ2) is 6.60. The van der Waals surface area contributed by atoms with Crippen LogP contribution in [-0.4, -0.2) is 29.9 Å². The molecule has 0 bridgehead atoms. The number of halogens is 2. The first-order chi connectivity index (χ1) is 11.1. The minimum absolute atomic E-state index is 0.263. The van der Waals surface area contributed by atoms with E-state index in [1.807, 2.05) is 0 Å². The van der Waals surface area contributed by atoms with Crippen LogP contribution in [0.15, 0.2) is 42.5 Å². The van der Waals surface area contributed by atoms with E-state index in [1.165, 1.54) is 4.90 Å². The number of fused-ring (bicyclic) bond motifs is 1. The maximum absolute atomic E-state index is 12.2. The number of nitrogens with zero attached hydrogens (tertiary/aromatic N) is 1. The molecule has 2 aromatic rings. The Morgan fingerprint density at radius 1 is 0.870 bits per heavy atom. The van der Waals surface area contributed by atoms with E-state index in [0.29, 0.717) is 39.9 Å². The Morgan fingerprint density at radius 2 is 1.43 bits per heavy atom. The number of hydrogen-bond acceptors (Lipinski definition) is 3. The van der Waals surface area contributed by atoms with Crippen LogP contribution in [0.25, 0.3) is 0 Å². The molecule has 23 heavy (non-hydrogen) atoms. The molecule has 0 N–H and O–H groups in total. The highest BCUT2D eigenvalue weighted by molar-refractivity contribution is 6.37. The molecule has 6 heteroatoms. The summed E-state index contributed by atoms with van der Waals surface area (Å²) in [6, 6.07) is 11.9. The molecule has 118 valence electrons. The molecule has 0 atom stereocenters. The van der Waals surface area contributed by atoms with E-state index in [2.05, 4.69) is 0 Å². The molecule has 0 saturated heterocycles. The Hall–Kier alpha value is -2.04. The summed E-state index contributed by atoms with van der Waals surface area (Å²) in [5, 5.41) is 0.858. The van der Waals surface area contributed by atoms with Gasteiger partial charge in [0.15, 0.2) is 5.75 Å². The van der Waals surface area contributed by atoms with Gasteiger partial charge in [-0.2, -0.15) is 0 Å². The van der Waals surface area contributed by atoms with E-state index in [1.54, 1.807) is 42.5 Å². The van der Waals surface area contributed by atoms with Gasteiger partial charge in [0.05, 0.1) is 27.8 Å². The molecule has 1 aliphatic heterocycles. The van der Waals surface area contributed by atoms with Gasteiger partial charge in [-0.25, -0.2) is 0 Å². The third-order valence-corrected chi connectivity index (χ3v) is 4.16. The summed E-state index contributed by atoms with van der Waals surface area (Å²) in [5.74, 6) is -0.110. The average Bonchev–Trinajstić information content (AvgIpc) is 2.79. The summed E-state index contributed by atoms with van der Waals surface area (Å²) in [5.41, 5.74) is 0.903. The minimum Gasteiger partial charge on any atom is -0.490 e. The van der Waals surface area contributed by atoms with Crippen LogP contribution in [0.2, 0.25) is 10.0 Å². The van der Waals surface area contributed by atoms with Crippen molar-refractivity contribution in [3.8, 4) is 5.75 Å². The SMILES string of the molecule is O=C1c2ccccc2C(=O)N1CCCOc1c(Cl)cccc1Cl. The average molecular weight is 350 g/mol.